The Kier molecular flexibility index (Phi) is 8.81. The second-order valence-electron chi connectivity index (χ2n) is 17.6. The van der Waals surface area contributed by atoms with E-state index in [4.69, 9.17) is 18.8 Å². The lowest BCUT2D eigenvalue weighted by atomic mass is 10.0. The smallest absolute Gasteiger partial charge is 0.227 e. The molecule has 0 N–H and O–H groups in total. The summed E-state index contributed by atoms with van der Waals surface area (Å²) >= 11 is 0. The molecule has 0 atom stereocenters. The molecule has 2 aromatic heterocycles. The van der Waals surface area contributed by atoms with Crippen molar-refractivity contribution in [3.8, 4) is 45.2 Å². The molecule has 0 radical (unpaired) electrons. The molecular weight excluding hydrogens is 861 g/mol. The van der Waals surface area contributed by atoms with Gasteiger partial charge < -0.3 is 18.6 Å². The Bertz CT molecular complexity index is 3520. The molecule has 6 nitrogen and oxygen atoms in total. The lowest BCUT2D eigenvalue weighted by Crippen LogP contribution is -2.72. The van der Waals surface area contributed by atoms with E-state index in [1.54, 1.807) is 0 Å². The summed E-state index contributed by atoms with van der Waals surface area (Å²) in [5.74, 6) is 1.18. The zero-order valence-corrected chi connectivity index (χ0v) is 38.2. The van der Waals surface area contributed by atoms with Gasteiger partial charge in [-0.3, -0.25) is 0 Å². The van der Waals surface area contributed by atoms with Crippen LogP contribution in [0.4, 0.5) is 34.1 Å². The van der Waals surface area contributed by atoms with Gasteiger partial charge in [-0.2, -0.15) is 0 Å². The van der Waals surface area contributed by atoms with Gasteiger partial charge in [-0.1, -0.05) is 146 Å². The van der Waals surface area contributed by atoms with Crippen molar-refractivity contribution in [1.82, 2.24) is 9.97 Å². The third-order valence-electron chi connectivity index (χ3n) is 13.9. The summed E-state index contributed by atoms with van der Waals surface area (Å²) in [5.41, 5.74) is 16.2. The number of para-hydroxylation sites is 8. The topological polar surface area (TPSA) is 58.5 Å². The van der Waals surface area contributed by atoms with Gasteiger partial charge in [0.2, 0.25) is 11.8 Å². The summed E-state index contributed by atoms with van der Waals surface area (Å²) in [5, 5.41) is 4.98. The maximum atomic E-state index is 6.90. The van der Waals surface area contributed by atoms with Crippen LogP contribution in [0.15, 0.2) is 251 Å². The standard InChI is InChI=1S/C62H40N4O2Si/c1-5-21-41(22-6-1)65(42-23-7-2-8-24-42)53-37-19-31-47-48-32-20-38-54(66(43-25-9-3-10-26-43)44-27-11-4-12-28-44)60(48)69(59(47)53)57-45(29-17-33-49(57)61-63-51-35-13-15-39-55(51)67-61)46-30-18-34-50(58(46)69)62-64-52-36-14-16-40-56(52)68-62/h1-40H. The van der Waals surface area contributed by atoms with E-state index >= 15 is 0 Å². The zero-order valence-electron chi connectivity index (χ0n) is 37.2. The third-order valence-corrected chi connectivity index (χ3v) is 19.0. The predicted molar refractivity (Wildman–Crippen MR) is 283 cm³/mol. The number of aromatic nitrogens is 2. The van der Waals surface area contributed by atoms with E-state index in [-0.39, 0.29) is 0 Å². The second-order valence-corrected chi connectivity index (χ2v) is 21.1. The number of nitrogens with zero attached hydrogens (tertiary/aromatic N) is 4. The first-order chi connectivity index (χ1) is 34.3. The van der Waals surface area contributed by atoms with E-state index in [0.29, 0.717) is 11.8 Å². The van der Waals surface area contributed by atoms with Crippen LogP contribution in [0.2, 0.25) is 0 Å². The number of oxazole rings is 2. The van der Waals surface area contributed by atoms with Gasteiger partial charge in [0.1, 0.15) is 11.0 Å². The van der Waals surface area contributed by atoms with E-state index in [1.807, 2.05) is 48.5 Å². The molecule has 324 valence electrons. The summed E-state index contributed by atoms with van der Waals surface area (Å²) in [4.78, 5) is 15.5. The minimum Gasteiger partial charge on any atom is -0.436 e. The molecule has 0 unspecified atom stereocenters. The second kappa shape index (κ2) is 15.5. The molecule has 69 heavy (non-hydrogen) atoms. The van der Waals surface area contributed by atoms with E-state index in [0.717, 1.165) is 78.6 Å². The predicted octanol–water partition coefficient (Wildman–Crippen LogP) is 13.6. The number of hydrogen-bond donors (Lipinski definition) is 0. The van der Waals surface area contributed by atoms with Crippen LogP contribution >= 0.6 is 0 Å². The van der Waals surface area contributed by atoms with Gasteiger partial charge in [-0.05, 0) is 140 Å². The highest BCUT2D eigenvalue weighted by Crippen LogP contribution is 2.48. The van der Waals surface area contributed by atoms with Crippen molar-refractivity contribution in [2.24, 2.45) is 0 Å². The molecule has 0 fully saturated rings. The van der Waals surface area contributed by atoms with Gasteiger partial charge in [0.25, 0.3) is 0 Å². The summed E-state index contributed by atoms with van der Waals surface area (Å²) in [7, 11) is -3.73. The summed E-state index contributed by atoms with van der Waals surface area (Å²) in [6.07, 6.45) is 0. The minimum atomic E-state index is -3.73. The summed E-state index contributed by atoms with van der Waals surface area (Å²) < 4.78 is 13.8. The molecular formula is C62H40N4O2Si. The molecule has 14 rings (SSSR count). The summed E-state index contributed by atoms with van der Waals surface area (Å²) in [6.45, 7) is 0. The van der Waals surface area contributed by atoms with E-state index in [2.05, 4.69) is 204 Å². The fraction of sp³-hybridized carbons (Fsp3) is 0. The quantitative estimate of drug-likeness (QED) is 0.142. The Balaban J connectivity index is 1.21. The molecule has 7 heteroatoms. The Hall–Kier alpha value is -9.04. The van der Waals surface area contributed by atoms with Crippen LogP contribution in [0.3, 0.4) is 0 Å². The van der Waals surface area contributed by atoms with Gasteiger partial charge in [-0.25, -0.2) is 9.97 Å². The van der Waals surface area contributed by atoms with Crippen molar-refractivity contribution in [3.05, 3.63) is 243 Å². The van der Waals surface area contributed by atoms with Crippen LogP contribution in [0, 0.1) is 0 Å². The molecule has 0 bridgehead atoms. The minimum absolute atomic E-state index is 0.590. The van der Waals surface area contributed by atoms with Crippen molar-refractivity contribution in [3.63, 3.8) is 0 Å². The maximum Gasteiger partial charge on any atom is 0.227 e. The average molecular weight is 901 g/mol. The van der Waals surface area contributed by atoms with E-state index < -0.39 is 8.07 Å². The number of hydrogen-bond acceptors (Lipinski definition) is 6. The number of fused-ring (bicyclic) bond motifs is 12. The first-order valence-corrected chi connectivity index (χ1v) is 25.3. The van der Waals surface area contributed by atoms with Crippen LogP contribution in [0.25, 0.3) is 67.4 Å². The van der Waals surface area contributed by atoms with Gasteiger partial charge in [-0.15, -0.1) is 0 Å². The lowest BCUT2D eigenvalue weighted by Gasteiger charge is -2.37. The van der Waals surface area contributed by atoms with Crippen molar-refractivity contribution >= 4 is 85.1 Å². The molecule has 0 saturated carbocycles. The van der Waals surface area contributed by atoms with Crippen LogP contribution in [0.1, 0.15) is 0 Å². The Morgan fingerprint density at radius 1 is 0.275 bits per heavy atom. The van der Waals surface area contributed by atoms with E-state index in [1.165, 1.54) is 31.9 Å². The Labute approximate surface area is 399 Å². The molecule has 12 aromatic rings. The van der Waals surface area contributed by atoms with Gasteiger partial charge in [0, 0.05) is 45.3 Å². The van der Waals surface area contributed by atoms with Crippen molar-refractivity contribution in [2.45, 2.75) is 0 Å². The lowest BCUT2D eigenvalue weighted by molar-refractivity contribution is 0.620. The number of rotatable bonds is 8. The van der Waals surface area contributed by atoms with Crippen LogP contribution in [-0.4, -0.2) is 18.0 Å². The van der Waals surface area contributed by atoms with Crippen LogP contribution < -0.4 is 30.5 Å². The van der Waals surface area contributed by atoms with Crippen molar-refractivity contribution in [2.75, 3.05) is 9.80 Å². The van der Waals surface area contributed by atoms with E-state index in [9.17, 15) is 0 Å². The monoisotopic (exact) mass is 900 g/mol. The highest BCUT2D eigenvalue weighted by atomic mass is 28.3. The molecule has 4 heterocycles. The fourth-order valence-corrected chi connectivity index (χ4v) is 17.6. The molecule has 0 amide bonds. The Morgan fingerprint density at radius 2 is 0.580 bits per heavy atom. The highest BCUT2D eigenvalue weighted by molar-refractivity contribution is 7.26. The molecule has 2 aliphatic heterocycles. The molecule has 2 aliphatic rings. The number of anilines is 6. The SMILES string of the molecule is c1ccc(N(c2ccccc2)c2cccc3c2[Si]2(c4c(-c5nc6ccccc6o5)cccc4-c4cccc(-c5nc6ccccc6o5)c42)c2c-3cccc2N(c2ccccc2)c2ccccc2)cc1. The molecule has 1 spiro atoms. The van der Waals surface area contributed by atoms with Crippen LogP contribution in [0.5, 0.6) is 0 Å². The van der Waals surface area contributed by atoms with Gasteiger partial charge in [0.15, 0.2) is 19.2 Å². The molecule has 0 aliphatic carbocycles. The van der Waals surface area contributed by atoms with Gasteiger partial charge in [0.05, 0.1) is 0 Å². The van der Waals surface area contributed by atoms with Gasteiger partial charge >= 0.3 is 0 Å². The number of benzene rings is 10. The molecule has 0 saturated heterocycles. The fourth-order valence-electron chi connectivity index (χ4n) is 11.3. The maximum absolute atomic E-state index is 6.90. The Morgan fingerprint density at radius 3 is 0.942 bits per heavy atom. The van der Waals surface area contributed by atoms with Crippen LogP contribution in [-0.2, 0) is 0 Å². The third kappa shape index (κ3) is 5.84. The normalized spacial score (nSPS) is 12.8. The summed E-state index contributed by atoms with van der Waals surface area (Å²) in [6, 6.07) is 86.4. The first kappa shape index (κ1) is 39.2. The largest absolute Gasteiger partial charge is 0.436 e. The first-order valence-electron chi connectivity index (χ1n) is 23.3. The highest BCUT2D eigenvalue weighted by Gasteiger charge is 2.60. The van der Waals surface area contributed by atoms with Crippen molar-refractivity contribution in [1.29, 1.82) is 0 Å². The average Bonchev–Trinajstić information content (AvgIpc) is 4.19. The molecule has 10 aromatic carbocycles. The zero-order chi connectivity index (χ0) is 45.5. The van der Waals surface area contributed by atoms with Crippen molar-refractivity contribution < 1.29 is 8.83 Å².